The molecule has 0 amide bonds. The van der Waals surface area contributed by atoms with Gasteiger partial charge in [0.1, 0.15) is 6.29 Å². The number of aryl methyl sites for hydroxylation is 1. The van der Waals surface area contributed by atoms with Crippen LogP contribution in [0.15, 0.2) is 22.7 Å². The van der Waals surface area contributed by atoms with Crippen LogP contribution in [0.5, 0.6) is 11.5 Å². The fourth-order valence-corrected chi connectivity index (χ4v) is 1.41. The topological polar surface area (TPSA) is 74.5 Å². The Morgan fingerprint density at radius 3 is 2.83 bits per heavy atom. The largest absolute Gasteiger partial charge is 0.493 e. The Kier molecular flexibility index (Phi) is 3.57. The van der Waals surface area contributed by atoms with E-state index in [1.165, 1.54) is 7.11 Å². The summed E-state index contributed by atoms with van der Waals surface area (Å²) in [6.45, 7) is 1.88. The third-order valence-corrected chi connectivity index (χ3v) is 2.24. The molecule has 0 atom stereocenters. The second-order valence-electron chi connectivity index (χ2n) is 3.55. The summed E-state index contributed by atoms with van der Waals surface area (Å²) in [6, 6.07) is 4.90. The molecule has 0 N–H and O–H groups in total. The lowest BCUT2D eigenvalue weighted by Gasteiger charge is -2.09. The van der Waals surface area contributed by atoms with Gasteiger partial charge in [-0.25, -0.2) is 0 Å². The van der Waals surface area contributed by atoms with Crippen molar-refractivity contribution in [2.75, 3.05) is 7.11 Å². The number of aldehydes is 1. The molecule has 2 aromatic rings. The summed E-state index contributed by atoms with van der Waals surface area (Å²) in [5, 5.41) is 3.66. The molecule has 6 nitrogen and oxygen atoms in total. The molecule has 2 rings (SSSR count). The molecular weight excluding hydrogens is 236 g/mol. The number of aromatic nitrogens is 2. The molecule has 18 heavy (non-hydrogen) atoms. The zero-order valence-electron chi connectivity index (χ0n) is 10.0. The quantitative estimate of drug-likeness (QED) is 0.751. The van der Waals surface area contributed by atoms with Gasteiger partial charge in [-0.15, -0.1) is 0 Å². The molecule has 0 aliphatic rings. The predicted octanol–water partition coefficient (Wildman–Crippen LogP) is 1.78. The van der Waals surface area contributed by atoms with Crippen molar-refractivity contribution in [1.82, 2.24) is 10.1 Å². The average molecular weight is 248 g/mol. The molecule has 6 heteroatoms. The second-order valence-corrected chi connectivity index (χ2v) is 3.55. The summed E-state index contributed by atoms with van der Waals surface area (Å²) in [5.74, 6) is 1.93. The van der Waals surface area contributed by atoms with E-state index in [-0.39, 0.29) is 6.61 Å². The van der Waals surface area contributed by atoms with Gasteiger partial charge in [-0.1, -0.05) is 5.16 Å². The third-order valence-electron chi connectivity index (χ3n) is 2.24. The number of hydrogen-bond acceptors (Lipinski definition) is 6. The van der Waals surface area contributed by atoms with E-state index < -0.39 is 0 Å². The fraction of sp³-hybridized carbons (Fsp3) is 0.250. The number of nitrogens with zero attached hydrogens (tertiary/aromatic N) is 2. The average Bonchev–Trinajstić information content (AvgIpc) is 2.82. The molecule has 1 aromatic carbocycles. The van der Waals surface area contributed by atoms with Crippen LogP contribution in [-0.4, -0.2) is 23.5 Å². The lowest BCUT2D eigenvalue weighted by molar-refractivity contribution is 0.112. The van der Waals surface area contributed by atoms with Crippen molar-refractivity contribution in [2.24, 2.45) is 0 Å². The molecule has 0 radical (unpaired) electrons. The van der Waals surface area contributed by atoms with Crippen molar-refractivity contribution in [3.63, 3.8) is 0 Å². The highest BCUT2D eigenvalue weighted by Crippen LogP contribution is 2.28. The van der Waals surface area contributed by atoms with Crippen molar-refractivity contribution in [2.45, 2.75) is 13.5 Å². The van der Waals surface area contributed by atoms with E-state index in [9.17, 15) is 4.79 Å². The molecule has 0 aliphatic heterocycles. The van der Waals surface area contributed by atoms with Crippen LogP contribution in [0.2, 0.25) is 0 Å². The highest BCUT2D eigenvalue weighted by atomic mass is 16.5. The van der Waals surface area contributed by atoms with Crippen molar-refractivity contribution in [3.05, 3.63) is 35.5 Å². The van der Waals surface area contributed by atoms with E-state index >= 15 is 0 Å². The summed E-state index contributed by atoms with van der Waals surface area (Å²) in [6.07, 6.45) is 0.744. The zero-order valence-corrected chi connectivity index (χ0v) is 10.0. The summed E-state index contributed by atoms with van der Waals surface area (Å²) in [4.78, 5) is 14.7. The number of carbonyl (C=O) groups excluding carboxylic acids is 1. The molecule has 0 saturated carbocycles. The highest BCUT2D eigenvalue weighted by Gasteiger charge is 2.08. The van der Waals surface area contributed by atoms with Crippen LogP contribution in [0, 0.1) is 6.92 Å². The van der Waals surface area contributed by atoms with Crippen molar-refractivity contribution < 1.29 is 18.8 Å². The number of rotatable bonds is 5. The van der Waals surface area contributed by atoms with E-state index in [0.717, 1.165) is 6.29 Å². The number of methoxy groups -OCH3 is 1. The Morgan fingerprint density at radius 2 is 2.22 bits per heavy atom. The smallest absolute Gasteiger partial charge is 0.264 e. The second kappa shape index (κ2) is 5.31. The van der Waals surface area contributed by atoms with Crippen LogP contribution in [0.4, 0.5) is 0 Å². The standard InChI is InChI=1S/C12H12N2O4/c1-8-13-12(18-14-8)7-17-10-4-3-9(6-15)5-11(10)16-2/h3-6H,7H2,1-2H3. The van der Waals surface area contributed by atoms with Gasteiger partial charge >= 0.3 is 0 Å². The van der Waals surface area contributed by atoms with Crippen LogP contribution in [0.25, 0.3) is 0 Å². The molecule has 1 aromatic heterocycles. The molecule has 0 saturated heterocycles. The van der Waals surface area contributed by atoms with E-state index in [1.54, 1.807) is 25.1 Å². The molecular formula is C12H12N2O4. The lowest BCUT2D eigenvalue weighted by atomic mass is 10.2. The van der Waals surface area contributed by atoms with Gasteiger partial charge in [0.05, 0.1) is 7.11 Å². The molecule has 1 heterocycles. The summed E-state index contributed by atoms with van der Waals surface area (Å²) < 4.78 is 15.5. The summed E-state index contributed by atoms with van der Waals surface area (Å²) >= 11 is 0. The SMILES string of the molecule is COc1cc(C=O)ccc1OCc1nc(C)no1. The Balaban J connectivity index is 2.11. The molecule has 0 unspecified atom stereocenters. The van der Waals surface area contributed by atoms with Gasteiger partial charge in [0.15, 0.2) is 23.9 Å². The van der Waals surface area contributed by atoms with Crippen molar-refractivity contribution in [3.8, 4) is 11.5 Å². The molecule has 0 aliphatic carbocycles. The zero-order chi connectivity index (χ0) is 13.0. The number of ether oxygens (including phenoxy) is 2. The number of carbonyl (C=O) groups is 1. The Bertz CT molecular complexity index is 551. The lowest BCUT2D eigenvalue weighted by Crippen LogP contribution is -1.98. The van der Waals surface area contributed by atoms with Gasteiger partial charge in [0, 0.05) is 5.56 Å². The molecule has 94 valence electrons. The van der Waals surface area contributed by atoms with Crippen LogP contribution in [-0.2, 0) is 6.61 Å². The van der Waals surface area contributed by atoms with Crippen LogP contribution in [0.1, 0.15) is 22.1 Å². The van der Waals surface area contributed by atoms with E-state index in [4.69, 9.17) is 14.0 Å². The Hall–Kier alpha value is -2.37. The van der Waals surface area contributed by atoms with E-state index in [0.29, 0.717) is 28.8 Å². The van der Waals surface area contributed by atoms with Gasteiger partial charge in [-0.05, 0) is 25.1 Å². The van der Waals surface area contributed by atoms with Gasteiger partial charge in [-0.2, -0.15) is 4.98 Å². The van der Waals surface area contributed by atoms with Crippen LogP contribution in [0.3, 0.4) is 0 Å². The summed E-state index contributed by atoms with van der Waals surface area (Å²) in [7, 11) is 1.51. The van der Waals surface area contributed by atoms with Gasteiger partial charge in [0.2, 0.25) is 0 Å². The fourth-order valence-electron chi connectivity index (χ4n) is 1.41. The first-order valence-corrected chi connectivity index (χ1v) is 5.28. The van der Waals surface area contributed by atoms with Crippen molar-refractivity contribution in [1.29, 1.82) is 0 Å². The first-order valence-electron chi connectivity index (χ1n) is 5.28. The maximum Gasteiger partial charge on any atom is 0.264 e. The minimum Gasteiger partial charge on any atom is -0.493 e. The summed E-state index contributed by atoms with van der Waals surface area (Å²) in [5.41, 5.74) is 0.521. The maximum absolute atomic E-state index is 10.6. The number of benzene rings is 1. The van der Waals surface area contributed by atoms with Crippen LogP contribution < -0.4 is 9.47 Å². The van der Waals surface area contributed by atoms with Gasteiger partial charge in [0.25, 0.3) is 5.89 Å². The molecule has 0 fully saturated rings. The van der Waals surface area contributed by atoms with E-state index in [1.807, 2.05) is 0 Å². The number of hydrogen-bond donors (Lipinski definition) is 0. The first-order chi connectivity index (χ1) is 8.72. The molecule has 0 spiro atoms. The van der Waals surface area contributed by atoms with Crippen molar-refractivity contribution >= 4 is 6.29 Å². The first kappa shape index (κ1) is 12.1. The minimum atomic E-state index is 0.150. The van der Waals surface area contributed by atoms with Gasteiger partial charge in [-0.3, -0.25) is 4.79 Å². The predicted molar refractivity (Wildman–Crippen MR) is 61.7 cm³/mol. The minimum absolute atomic E-state index is 0.150. The monoisotopic (exact) mass is 248 g/mol. The Labute approximate surface area is 104 Å². The maximum atomic E-state index is 10.6. The normalized spacial score (nSPS) is 10.1. The van der Waals surface area contributed by atoms with Crippen LogP contribution >= 0.6 is 0 Å². The van der Waals surface area contributed by atoms with E-state index in [2.05, 4.69) is 10.1 Å². The third kappa shape index (κ3) is 2.65. The molecule has 0 bridgehead atoms. The van der Waals surface area contributed by atoms with Gasteiger partial charge < -0.3 is 14.0 Å². The Morgan fingerprint density at radius 1 is 1.39 bits per heavy atom. The highest BCUT2D eigenvalue weighted by molar-refractivity contribution is 5.76.